The van der Waals surface area contributed by atoms with Crippen molar-refractivity contribution in [3.8, 4) is 17.1 Å². The third-order valence-corrected chi connectivity index (χ3v) is 3.34. The van der Waals surface area contributed by atoms with Crippen molar-refractivity contribution in [2.24, 2.45) is 5.16 Å². The molecule has 0 aliphatic heterocycles. The summed E-state index contributed by atoms with van der Waals surface area (Å²) in [7, 11) is 0. The molecule has 0 radical (unpaired) electrons. The summed E-state index contributed by atoms with van der Waals surface area (Å²) in [4.78, 5) is 9.31. The summed E-state index contributed by atoms with van der Waals surface area (Å²) in [6.07, 6.45) is 3.17. The molecular formula is C19H17FN2O3. The fourth-order valence-electron chi connectivity index (χ4n) is 2.13. The van der Waals surface area contributed by atoms with E-state index in [4.69, 9.17) is 14.0 Å². The van der Waals surface area contributed by atoms with Crippen molar-refractivity contribution in [2.45, 2.75) is 13.5 Å². The number of rotatable bonds is 7. The van der Waals surface area contributed by atoms with Crippen LogP contribution in [-0.4, -0.2) is 17.8 Å². The van der Waals surface area contributed by atoms with Crippen molar-refractivity contribution in [1.82, 2.24) is 4.98 Å². The fraction of sp³-hybridized carbons (Fsp3) is 0.158. The molecule has 2 aromatic carbocycles. The number of nitrogens with zero attached hydrogens (tertiary/aromatic N) is 2. The molecule has 25 heavy (non-hydrogen) atoms. The molecule has 0 saturated heterocycles. The SMILES string of the molecule is CCOc1ccc(/C=N\OCc2ncc(-c3ccc(F)cc3)o2)cc1. The number of ether oxygens (including phenoxy) is 1. The molecular weight excluding hydrogens is 323 g/mol. The Morgan fingerprint density at radius 3 is 2.60 bits per heavy atom. The lowest BCUT2D eigenvalue weighted by molar-refractivity contribution is 0.113. The van der Waals surface area contributed by atoms with Crippen LogP contribution in [-0.2, 0) is 11.4 Å². The molecule has 0 spiro atoms. The van der Waals surface area contributed by atoms with E-state index in [0.29, 0.717) is 18.3 Å². The number of hydrogen-bond donors (Lipinski definition) is 0. The lowest BCUT2D eigenvalue weighted by Gasteiger charge is -2.01. The average molecular weight is 340 g/mol. The highest BCUT2D eigenvalue weighted by atomic mass is 19.1. The van der Waals surface area contributed by atoms with Crippen LogP contribution in [0.2, 0.25) is 0 Å². The second kappa shape index (κ2) is 8.10. The van der Waals surface area contributed by atoms with Crippen LogP contribution in [0.4, 0.5) is 4.39 Å². The molecule has 0 saturated carbocycles. The van der Waals surface area contributed by atoms with E-state index in [-0.39, 0.29) is 12.4 Å². The molecule has 0 N–H and O–H groups in total. The second-order valence-corrected chi connectivity index (χ2v) is 5.14. The lowest BCUT2D eigenvalue weighted by atomic mass is 10.2. The van der Waals surface area contributed by atoms with E-state index in [9.17, 15) is 4.39 Å². The second-order valence-electron chi connectivity index (χ2n) is 5.14. The van der Waals surface area contributed by atoms with Crippen LogP contribution in [0.5, 0.6) is 5.75 Å². The highest BCUT2D eigenvalue weighted by Crippen LogP contribution is 2.20. The standard InChI is InChI=1S/C19H17FN2O3/c1-2-23-17-9-3-14(4-10-17)11-22-24-13-19-21-12-18(25-19)15-5-7-16(20)8-6-15/h3-12H,2,13H2,1H3/b22-11-. The van der Waals surface area contributed by atoms with E-state index in [1.807, 2.05) is 31.2 Å². The smallest absolute Gasteiger partial charge is 0.235 e. The Hall–Kier alpha value is -3.15. The quantitative estimate of drug-likeness (QED) is 0.471. The van der Waals surface area contributed by atoms with E-state index >= 15 is 0 Å². The first-order chi connectivity index (χ1) is 12.2. The number of benzene rings is 2. The summed E-state index contributed by atoms with van der Waals surface area (Å²) in [5, 5.41) is 3.89. The van der Waals surface area contributed by atoms with Crippen LogP contribution in [0, 0.1) is 5.82 Å². The Balaban J connectivity index is 1.53. The molecule has 5 nitrogen and oxygen atoms in total. The Morgan fingerprint density at radius 2 is 1.88 bits per heavy atom. The number of hydrogen-bond acceptors (Lipinski definition) is 5. The van der Waals surface area contributed by atoms with Crippen molar-refractivity contribution in [2.75, 3.05) is 6.61 Å². The van der Waals surface area contributed by atoms with Gasteiger partial charge >= 0.3 is 0 Å². The van der Waals surface area contributed by atoms with Gasteiger partial charge in [-0.3, -0.25) is 0 Å². The van der Waals surface area contributed by atoms with Gasteiger partial charge in [0.25, 0.3) is 0 Å². The Bertz CT molecular complexity index is 827. The first kappa shape index (κ1) is 16.7. The predicted octanol–water partition coefficient (Wildman–Crippen LogP) is 4.43. The number of halogens is 1. The van der Waals surface area contributed by atoms with Gasteiger partial charge in [-0.05, 0) is 61.0 Å². The van der Waals surface area contributed by atoms with Crippen LogP contribution < -0.4 is 4.74 Å². The maximum absolute atomic E-state index is 12.9. The highest BCUT2D eigenvalue weighted by Gasteiger charge is 2.06. The molecule has 128 valence electrons. The topological polar surface area (TPSA) is 56.9 Å². The molecule has 3 aromatic rings. The van der Waals surface area contributed by atoms with E-state index < -0.39 is 0 Å². The zero-order valence-electron chi connectivity index (χ0n) is 13.7. The van der Waals surface area contributed by atoms with Gasteiger partial charge in [0.1, 0.15) is 11.6 Å². The Kier molecular flexibility index (Phi) is 5.41. The fourth-order valence-corrected chi connectivity index (χ4v) is 2.13. The molecule has 0 bridgehead atoms. The minimum Gasteiger partial charge on any atom is -0.494 e. The third-order valence-electron chi connectivity index (χ3n) is 3.34. The molecule has 0 fully saturated rings. The number of oxazole rings is 1. The van der Waals surface area contributed by atoms with Crippen molar-refractivity contribution in [1.29, 1.82) is 0 Å². The molecule has 0 amide bonds. The van der Waals surface area contributed by atoms with Crippen molar-refractivity contribution >= 4 is 6.21 Å². The summed E-state index contributed by atoms with van der Waals surface area (Å²) >= 11 is 0. The van der Waals surface area contributed by atoms with Crippen molar-refractivity contribution in [3.05, 3.63) is 72.0 Å². The molecule has 0 unspecified atom stereocenters. The maximum atomic E-state index is 12.9. The normalized spacial score (nSPS) is 11.0. The highest BCUT2D eigenvalue weighted by molar-refractivity contribution is 5.79. The van der Waals surface area contributed by atoms with Crippen LogP contribution in [0.15, 0.2) is 64.3 Å². The monoisotopic (exact) mass is 340 g/mol. The summed E-state index contributed by atoms with van der Waals surface area (Å²) in [5.74, 6) is 1.46. The van der Waals surface area contributed by atoms with Crippen LogP contribution in [0.3, 0.4) is 0 Å². The van der Waals surface area contributed by atoms with E-state index in [1.54, 1.807) is 24.5 Å². The first-order valence-electron chi connectivity index (χ1n) is 7.83. The van der Waals surface area contributed by atoms with Crippen LogP contribution in [0.1, 0.15) is 18.4 Å². The molecule has 0 aliphatic carbocycles. The number of oxime groups is 1. The molecule has 3 rings (SSSR count). The van der Waals surface area contributed by atoms with E-state index in [1.165, 1.54) is 12.1 Å². The summed E-state index contributed by atoms with van der Waals surface area (Å²) in [5.41, 5.74) is 1.64. The van der Waals surface area contributed by atoms with Gasteiger partial charge < -0.3 is 14.0 Å². The van der Waals surface area contributed by atoms with Gasteiger partial charge in [0.05, 0.1) is 19.0 Å². The van der Waals surface area contributed by atoms with Crippen molar-refractivity contribution < 1.29 is 18.4 Å². The van der Waals surface area contributed by atoms with Crippen LogP contribution in [0.25, 0.3) is 11.3 Å². The molecule has 6 heteroatoms. The van der Waals surface area contributed by atoms with Gasteiger partial charge in [0.15, 0.2) is 12.4 Å². The minimum absolute atomic E-state index is 0.106. The largest absolute Gasteiger partial charge is 0.494 e. The summed E-state index contributed by atoms with van der Waals surface area (Å²) < 4.78 is 23.9. The van der Waals surface area contributed by atoms with Gasteiger partial charge in [0.2, 0.25) is 5.89 Å². The summed E-state index contributed by atoms with van der Waals surface area (Å²) in [6, 6.07) is 13.5. The van der Waals surface area contributed by atoms with Gasteiger partial charge in [0, 0.05) is 5.56 Å². The van der Waals surface area contributed by atoms with Gasteiger partial charge in [-0.2, -0.15) is 0 Å². The minimum atomic E-state index is -0.296. The Labute approximate surface area is 144 Å². The molecule has 1 heterocycles. The predicted molar refractivity (Wildman–Crippen MR) is 91.9 cm³/mol. The lowest BCUT2D eigenvalue weighted by Crippen LogP contribution is -1.91. The molecule has 0 aliphatic rings. The Morgan fingerprint density at radius 1 is 1.12 bits per heavy atom. The zero-order chi connectivity index (χ0) is 17.5. The molecule has 0 atom stereocenters. The maximum Gasteiger partial charge on any atom is 0.235 e. The van der Waals surface area contributed by atoms with Crippen LogP contribution >= 0.6 is 0 Å². The summed E-state index contributed by atoms with van der Waals surface area (Å²) in [6.45, 7) is 2.68. The van der Waals surface area contributed by atoms with Gasteiger partial charge in [-0.15, -0.1) is 0 Å². The zero-order valence-corrected chi connectivity index (χ0v) is 13.7. The van der Waals surface area contributed by atoms with Crippen molar-refractivity contribution in [3.63, 3.8) is 0 Å². The van der Waals surface area contributed by atoms with Gasteiger partial charge in [-0.1, -0.05) is 5.16 Å². The van der Waals surface area contributed by atoms with E-state index in [0.717, 1.165) is 16.9 Å². The van der Waals surface area contributed by atoms with Gasteiger partial charge in [-0.25, -0.2) is 9.37 Å². The first-order valence-corrected chi connectivity index (χ1v) is 7.83. The third kappa shape index (κ3) is 4.67. The number of aromatic nitrogens is 1. The average Bonchev–Trinajstić information content (AvgIpc) is 3.10. The van der Waals surface area contributed by atoms with E-state index in [2.05, 4.69) is 10.1 Å². The molecule has 1 aromatic heterocycles.